The predicted octanol–water partition coefficient (Wildman–Crippen LogP) is 4.28. The van der Waals surface area contributed by atoms with Gasteiger partial charge in [-0.05, 0) is 36.4 Å². The van der Waals surface area contributed by atoms with Gasteiger partial charge >= 0.3 is 6.18 Å². The van der Waals surface area contributed by atoms with Crippen molar-refractivity contribution in [3.63, 3.8) is 0 Å². The molecule has 7 heteroatoms. The fraction of sp³-hybridized carbons (Fsp3) is 0.167. The Morgan fingerprint density at radius 2 is 1.88 bits per heavy atom. The van der Waals surface area contributed by atoms with Crippen molar-refractivity contribution in [3.8, 4) is 17.6 Å². The standard InChI is InChI=1S/C18H13BrF3NO2/c19-15-7-4-8-16(12-15)25-10-2-1-9-23-17(24)13-5-3-6-14(11-13)18(20,21)22/h3-8,11-12H,9-10H2,(H,23,24). The number of hydrogen-bond donors (Lipinski definition) is 1. The predicted molar refractivity (Wildman–Crippen MR) is 91.2 cm³/mol. The third-order valence-corrected chi connectivity index (χ3v) is 3.51. The van der Waals surface area contributed by atoms with E-state index >= 15 is 0 Å². The Morgan fingerprint density at radius 3 is 2.60 bits per heavy atom. The second-order valence-corrected chi connectivity index (χ2v) is 5.78. The first-order chi connectivity index (χ1) is 11.9. The topological polar surface area (TPSA) is 38.3 Å². The van der Waals surface area contributed by atoms with E-state index in [4.69, 9.17) is 4.74 Å². The molecule has 0 aliphatic carbocycles. The number of carbonyl (C=O) groups is 1. The normalized spacial score (nSPS) is 10.6. The zero-order valence-electron chi connectivity index (χ0n) is 12.9. The molecule has 1 N–H and O–H groups in total. The Labute approximate surface area is 151 Å². The molecule has 0 spiro atoms. The SMILES string of the molecule is O=C(NCC#CCOc1cccc(Br)c1)c1cccc(C(F)(F)F)c1. The summed E-state index contributed by atoms with van der Waals surface area (Å²) in [6.07, 6.45) is -4.49. The Balaban J connectivity index is 1.81. The van der Waals surface area contributed by atoms with E-state index in [9.17, 15) is 18.0 Å². The van der Waals surface area contributed by atoms with Crippen molar-refractivity contribution in [1.82, 2.24) is 5.32 Å². The monoisotopic (exact) mass is 411 g/mol. The molecule has 25 heavy (non-hydrogen) atoms. The highest BCUT2D eigenvalue weighted by atomic mass is 79.9. The lowest BCUT2D eigenvalue weighted by molar-refractivity contribution is -0.137. The minimum Gasteiger partial charge on any atom is -0.481 e. The molecule has 2 aromatic rings. The molecular formula is C18H13BrF3NO2. The van der Waals surface area contributed by atoms with E-state index in [1.54, 1.807) is 12.1 Å². The highest BCUT2D eigenvalue weighted by Crippen LogP contribution is 2.29. The Bertz CT molecular complexity index is 810. The summed E-state index contributed by atoms with van der Waals surface area (Å²) < 4.78 is 44.1. The minimum atomic E-state index is -4.49. The van der Waals surface area contributed by atoms with Gasteiger partial charge in [-0.15, -0.1) is 0 Å². The number of halogens is 4. The van der Waals surface area contributed by atoms with E-state index in [1.807, 2.05) is 12.1 Å². The van der Waals surface area contributed by atoms with E-state index in [0.29, 0.717) is 5.75 Å². The smallest absolute Gasteiger partial charge is 0.416 e. The van der Waals surface area contributed by atoms with Crippen LogP contribution in [0, 0.1) is 11.8 Å². The molecule has 2 rings (SSSR count). The van der Waals surface area contributed by atoms with Gasteiger partial charge in [-0.1, -0.05) is 39.9 Å². The highest BCUT2D eigenvalue weighted by Gasteiger charge is 2.30. The molecule has 0 atom stereocenters. The summed E-state index contributed by atoms with van der Waals surface area (Å²) in [5, 5.41) is 2.44. The number of rotatable bonds is 4. The first-order valence-corrected chi connectivity index (χ1v) is 7.95. The van der Waals surface area contributed by atoms with Crippen LogP contribution in [0.2, 0.25) is 0 Å². The summed E-state index contributed by atoms with van der Waals surface area (Å²) in [5.74, 6) is 5.42. The average molecular weight is 412 g/mol. The number of alkyl halides is 3. The lowest BCUT2D eigenvalue weighted by Gasteiger charge is -2.08. The van der Waals surface area contributed by atoms with Crippen LogP contribution in [0.5, 0.6) is 5.75 Å². The van der Waals surface area contributed by atoms with E-state index in [1.165, 1.54) is 12.1 Å². The summed E-state index contributed by atoms with van der Waals surface area (Å²) in [6.45, 7) is 0.146. The fourth-order valence-electron chi connectivity index (χ4n) is 1.85. The van der Waals surface area contributed by atoms with Crippen LogP contribution in [0.15, 0.2) is 53.0 Å². The van der Waals surface area contributed by atoms with E-state index in [-0.39, 0.29) is 18.7 Å². The van der Waals surface area contributed by atoms with Gasteiger partial charge < -0.3 is 10.1 Å². The van der Waals surface area contributed by atoms with Gasteiger partial charge in [-0.25, -0.2) is 0 Å². The van der Waals surface area contributed by atoms with Crippen LogP contribution in [0.25, 0.3) is 0 Å². The van der Waals surface area contributed by atoms with Crippen LogP contribution >= 0.6 is 15.9 Å². The van der Waals surface area contributed by atoms with E-state index in [0.717, 1.165) is 16.6 Å². The lowest BCUT2D eigenvalue weighted by Crippen LogP contribution is -2.24. The third-order valence-electron chi connectivity index (χ3n) is 3.02. The van der Waals surface area contributed by atoms with E-state index in [2.05, 4.69) is 33.1 Å². The summed E-state index contributed by atoms with van der Waals surface area (Å²) in [4.78, 5) is 11.8. The maximum atomic E-state index is 12.6. The maximum Gasteiger partial charge on any atom is 0.416 e. The molecule has 0 unspecified atom stereocenters. The van der Waals surface area contributed by atoms with Crippen LogP contribution in [0.1, 0.15) is 15.9 Å². The first kappa shape index (κ1) is 18.9. The molecular weight excluding hydrogens is 399 g/mol. The molecule has 0 saturated carbocycles. The summed E-state index contributed by atoms with van der Waals surface area (Å²) in [6, 6.07) is 11.5. The number of ether oxygens (including phenoxy) is 1. The molecule has 0 aliphatic rings. The molecule has 3 nitrogen and oxygen atoms in total. The third kappa shape index (κ3) is 6.16. The van der Waals surface area contributed by atoms with Crippen molar-refractivity contribution in [2.75, 3.05) is 13.2 Å². The van der Waals surface area contributed by atoms with Crippen molar-refractivity contribution in [1.29, 1.82) is 0 Å². The molecule has 2 aromatic carbocycles. The maximum absolute atomic E-state index is 12.6. The second-order valence-electron chi connectivity index (χ2n) is 4.86. The molecule has 0 fully saturated rings. The van der Waals surface area contributed by atoms with Crippen molar-refractivity contribution in [2.45, 2.75) is 6.18 Å². The molecule has 0 aliphatic heterocycles. The zero-order chi connectivity index (χ0) is 18.3. The molecule has 1 amide bonds. The number of amides is 1. The van der Waals surface area contributed by atoms with Gasteiger partial charge in [0.15, 0.2) is 0 Å². The second kappa shape index (κ2) is 8.58. The van der Waals surface area contributed by atoms with Crippen LogP contribution in [0.3, 0.4) is 0 Å². The van der Waals surface area contributed by atoms with Gasteiger partial charge in [-0.2, -0.15) is 13.2 Å². The van der Waals surface area contributed by atoms with Crippen molar-refractivity contribution < 1.29 is 22.7 Å². The van der Waals surface area contributed by atoms with Crippen LogP contribution in [-0.2, 0) is 6.18 Å². The number of hydrogen-bond acceptors (Lipinski definition) is 2. The average Bonchev–Trinajstić information content (AvgIpc) is 2.57. The van der Waals surface area contributed by atoms with Crippen molar-refractivity contribution in [2.24, 2.45) is 0 Å². The Morgan fingerprint density at radius 1 is 1.12 bits per heavy atom. The molecule has 0 radical (unpaired) electrons. The van der Waals surface area contributed by atoms with Gasteiger partial charge in [0.1, 0.15) is 12.4 Å². The van der Waals surface area contributed by atoms with Crippen LogP contribution in [0.4, 0.5) is 13.2 Å². The molecule has 0 aromatic heterocycles. The van der Waals surface area contributed by atoms with E-state index < -0.39 is 17.6 Å². The summed E-state index contributed by atoms with van der Waals surface area (Å²) in [5.41, 5.74) is -0.935. The lowest BCUT2D eigenvalue weighted by atomic mass is 10.1. The molecule has 0 bridgehead atoms. The summed E-state index contributed by atoms with van der Waals surface area (Å²) in [7, 11) is 0. The fourth-order valence-corrected chi connectivity index (χ4v) is 2.23. The summed E-state index contributed by atoms with van der Waals surface area (Å²) >= 11 is 3.32. The number of nitrogens with one attached hydrogen (secondary N) is 1. The highest BCUT2D eigenvalue weighted by molar-refractivity contribution is 9.10. The molecule has 0 saturated heterocycles. The number of carbonyl (C=O) groups excluding carboxylic acids is 1. The molecule has 130 valence electrons. The Hall–Kier alpha value is -2.46. The minimum absolute atomic E-state index is 0.0108. The molecule has 0 heterocycles. The van der Waals surface area contributed by atoms with Gasteiger partial charge in [0.2, 0.25) is 0 Å². The Kier molecular flexibility index (Phi) is 6.48. The van der Waals surface area contributed by atoms with Gasteiger partial charge in [0, 0.05) is 10.0 Å². The van der Waals surface area contributed by atoms with Crippen LogP contribution in [-0.4, -0.2) is 19.1 Å². The van der Waals surface area contributed by atoms with Crippen molar-refractivity contribution >= 4 is 21.8 Å². The quantitative estimate of drug-likeness (QED) is 0.762. The largest absolute Gasteiger partial charge is 0.481 e. The zero-order valence-corrected chi connectivity index (χ0v) is 14.4. The van der Waals surface area contributed by atoms with Gasteiger partial charge in [-0.3, -0.25) is 4.79 Å². The first-order valence-electron chi connectivity index (χ1n) is 7.16. The van der Waals surface area contributed by atoms with Crippen LogP contribution < -0.4 is 10.1 Å². The van der Waals surface area contributed by atoms with Gasteiger partial charge in [0.25, 0.3) is 5.91 Å². The van der Waals surface area contributed by atoms with Crippen molar-refractivity contribution in [3.05, 3.63) is 64.1 Å². The van der Waals surface area contributed by atoms with Gasteiger partial charge in [0.05, 0.1) is 12.1 Å². The number of benzene rings is 2.